The molecule has 1 heterocycles. The zero-order chi connectivity index (χ0) is 17.8. The third-order valence-corrected chi connectivity index (χ3v) is 3.88. The fraction of sp³-hybridized carbons (Fsp3) is 0.176. The monoisotopic (exact) mass is 359 g/mol. The van der Waals surface area contributed by atoms with Crippen molar-refractivity contribution in [1.82, 2.24) is 20.2 Å². The number of halogens is 2. The molecule has 0 spiro atoms. The average molecular weight is 360 g/mol. The smallest absolute Gasteiger partial charge is 0.251 e. The van der Waals surface area contributed by atoms with Crippen molar-refractivity contribution in [3.63, 3.8) is 0 Å². The van der Waals surface area contributed by atoms with E-state index in [0.717, 1.165) is 5.56 Å². The van der Waals surface area contributed by atoms with Crippen molar-refractivity contribution in [3.8, 4) is 11.4 Å². The highest BCUT2D eigenvalue weighted by Gasteiger charge is 2.23. The second-order valence-corrected chi connectivity index (χ2v) is 5.77. The Morgan fingerprint density at radius 3 is 2.64 bits per heavy atom. The Balaban J connectivity index is 1.80. The van der Waals surface area contributed by atoms with E-state index in [1.165, 1.54) is 16.9 Å². The second-order valence-electron chi connectivity index (χ2n) is 5.33. The lowest BCUT2D eigenvalue weighted by atomic mass is 10.2. The normalized spacial score (nSPS) is 12.0. The van der Waals surface area contributed by atoms with Crippen molar-refractivity contribution in [2.24, 2.45) is 0 Å². The molecule has 0 unspecified atom stereocenters. The summed E-state index contributed by atoms with van der Waals surface area (Å²) in [4.78, 5) is 13.7. The molecule has 0 aliphatic heterocycles. The molecule has 0 fully saturated rings. The number of anilines is 1. The summed E-state index contributed by atoms with van der Waals surface area (Å²) in [6.07, 6.45) is 0.427. The van der Waals surface area contributed by atoms with Crippen molar-refractivity contribution >= 4 is 23.2 Å². The highest BCUT2D eigenvalue weighted by molar-refractivity contribution is 6.30. The Hall–Kier alpha value is -2.80. The van der Waals surface area contributed by atoms with E-state index in [1.54, 1.807) is 36.4 Å². The molecule has 3 aromatic rings. The van der Waals surface area contributed by atoms with Crippen molar-refractivity contribution in [2.45, 2.75) is 19.4 Å². The van der Waals surface area contributed by atoms with E-state index in [-0.39, 0.29) is 5.69 Å². The lowest BCUT2D eigenvalue weighted by molar-refractivity contribution is -0.120. The van der Waals surface area contributed by atoms with Crippen molar-refractivity contribution in [2.75, 3.05) is 5.32 Å². The van der Waals surface area contributed by atoms with Crippen molar-refractivity contribution in [3.05, 3.63) is 59.4 Å². The zero-order valence-electron chi connectivity index (χ0n) is 13.4. The van der Waals surface area contributed by atoms with Crippen LogP contribution in [0.2, 0.25) is 5.02 Å². The van der Waals surface area contributed by atoms with E-state index in [0.29, 0.717) is 17.3 Å². The van der Waals surface area contributed by atoms with E-state index in [1.807, 2.05) is 6.92 Å². The highest BCUT2D eigenvalue weighted by Crippen LogP contribution is 2.20. The molecule has 1 aromatic heterocycles. The number of carbonyl (C=O) groups is 1. The summed E-state index contributed by atoms with van der Waals surface area (Å²) >= 11 is 5.86. The van der Waals surface area contributed by atoms with Crippen LogP contribution >= 0.6 is 11.6 Å². The quantitative estimate of drug-likeness (QED) is 0.753. The molecule has 8 heteroatoms. The van der Waals surface area contributed by atoms with Gasteiger partial charge in [-0.15, -0.1) is 10.2 Å². The van der Waals surface area contributed by atoms with E-state index in [4.69, 9.17) is 11.6 Å². The average Bonchev–Trinajstić information content (AvgIpc) is 3.08. The number of hydrogen-bond acceptors (Lipinski definition) is 4. The molecule has 6 nitrogen and oxygen atoms in total. The summed E-state index contributed by atoms with van der Waals surface area (Å²) in [5.74, 6) is -0.527. The number of tetrazole rings is 1. The van der Waals surface area contributed by atoms with E-state index in [9.17, 15) is 9.18 Å². The molecule has 25 heavy (non-hydrogen) atoms. The predicted octanol–water partition coefficient (Wildman–Crippen LogP) is 3.72. The Morgan fingerprint density at radius 1 is 1.24 bits per heavy atom. The summed E-state index contributed by atoms with van der Waals surface area (Å²) in [6.45, 7) is 1.82. The summed E-state index contributed by atoms with van der Waals surface area (Å²) in [5, 5.41) is 15.4. The molecule has 1 amide bonds. The van der Waals surface area contributed by atoms with Crippen LogP contribution in [0.5, 0.6) is 0 Å². The third kappa shape index (κ3) is 3.83. The van der Waals surface area contributed by atoms with E-state index < -0.39 is 17.8 Å². The molecule has 1 atom stereocenters. The highest BCUT2D eigenvalue weighted by atomic mass is 35.5. The lowest BCUT2D eigenvalue weighted by Gasteiger charge is -2.13. The fourth-order valence-electron chi connectivity index (χ4n) is 2.30. The summed E-state index contributed by atoms with van der Waals surface area (Å²) in [5.41, 5.74) is 0.851. The van der Waals surface area contributed by atoms with Gasteiger partial charge in [-0.05, 0) is 48.0 Å². The summed E-state index contributed by atoms with van der Waals surface area (Å²) in [6, 6.07) is 12.3. The van der Waals surface area contributed by atoms with Crippen LogP contribution in [-0.4, -0.2) is 26.1 Å². The maximum Gasteiger partial charge on any atom is 0.251 e. The van der Waals surface area contributed by atoms with Gasteiger partial charge in [-0.3, -0.25) is 4.79 Å². The van der Waals surface area contributed by atoms with Crippen LogP contribution in [0.1, 0.15) is 19.4 Å². The van der Waals surface area contributed by atoms with Crippen LogP contribution in [0, 0.1) is 5.82 Å². The van der Waals surface area contributed by atoms with Crippen LogP contribution < -0.4 is 5.32 Å². The zero-order valence-corrected chi connectivity index (χ0v) is 14.1. The molecule has 0 bridgehead atoms. The predicted molar refractivity (Wildman–Crippen MR) is 92.6 cm³/mol. The standard InChI is InChI=1S/C17H15ClFN5O/c1-2-15(17(25)20-14-6-4-3-5-13(14)19)24-22-16(21-23-24)11-7-9-12(18)10-8-11/h3-10,15H,2H2,1H3,(H,20,25)/t15-/m0/s1. The number of benzene rings is 2. The van der Waals surface area contributed by atoms with Crippen LogP contribution in [-0.2, 0) is 4.79 Å². The maximum atomic E-state index is 13.7. The van der Waals surface area contributed by atoms with Crippen LogP contribution in [0.25, 0.3) is 11.4 Å². The van der Waals surface area contributed by atoms with Gasteiger partial charge in [0.15, 0.2) is 6.04 Å². The number of nitrogens with one attached hydrogen (secondary N) is 1. The topological polar surface area (TPSA) is 72.7 Å². The molecule has 1 N–H and O–H groups in total. The number of carbonyl (C=O) groups excluding carboxylic acids is 1. The number of hydrogen-bond donors (Lipinski definition) is 1. The largest absolute Gasteiger partial charge is 0.322 e. The molecular formula is C17H15ClFN5O. The minimum absolute atomic E-state index is 0.115. The summed E-state index contributed by atoms with van der Waals surface area (Å²) < 4.78 is 13.7. The molecule has 0 radical (unpaired) electrons. The van der Waals surface area contributed by atoms with Gasteiger partial charge in [-0.25, -0.2) is 4.39 Å². The number of nitrogens with zero attached hydrogens (tertiary/aromatic N) is 4. The molecule has 0 aliphatic carbocycles. The molecule has 128 valence electrons. The van der Waals surface area contributed by atoms with Gasteiger partial charge in [0.1, 0.15) is 5.82 Å². The van der Waals surface area contributed by atoms with Crippen molar-refractivity contribution < 1.29 is 9.18 Å². The molecule has 2 aromatic carbocycles. The van der Waals surface area contributed by atoms with Gasteiger partial charge in [0.05, 0.1) is 5.69 Å². The van der Waals surface area contributed by atoms with E-state index in [2.05, 4.69) is 20.7 Å². The Kier molecular flexibility index (Phi) is 5.04. The maximum absolute atomic E-state index is 13.7. The summed E-state index contributed by atoms with van der Waals surface area (Å²) in [7, 11) is 0. The lowest BCUT2D eigenvalue weighted by Crippen LogP contribution is -2.27. The number of rotatable bonds is 5. The van der Waals surface area contributed by atoms with Crippen LogP contribution in [0.4, 0.5) is 10.1 Å². The SMILES string of the molecule is CC[C@@H](C(=O)Nc1ccccc1F)n1nnc(-c2ccc(Cl)cc2)n1. The van der Waals surface area contributed by atoms with Crippen molar-refractivity contribution in [1.29, 1.82) is 0 Å². The van der Waals surface area contributed by atoms with Crippen LogP contribution in [0.15, 0.2) is 48.5 Å². The minimum Gasteiger partial charge on any atom is -0.322 e. The fourth-order valence-corrected chi connectivity index (χ4v) is 2.43. The molecule has 0 saturated heterocycles. The first-order chi connectivity index (χ1) is 12.1. The minimum atomic E-state index is -0.701. The van der Waals surface area contributed by atoms with Gasteiger partial charge >= 0.3 is 0 Å². The van der Waals surface area contributed by atoms with E-state index >= 15 is 0 Å². The number of para-hydroxylation sites is 1. The Labute approximate surface area is 148 Å². The molecule has 0 saturated carbocycles. The Morgan fingerprint density at radius 2 is 1.96 bits per heavy atom. The van der Waals surface area contributed by atoms with Gasteiger partial charge in [0, 0.05) is 10.6 Å². The van der Waals surface area contributed by atoms with Gasteiger partial charge in [-0.1, -0.05) is 30.7 Å². The molecule has 3 rings (SSSR count). The van der Waals surface area contributed by atoms with Gasteiger partial charge in [0.25, 0.3) is 5.91 Å². The van der Waals surface area contributed by atoms with Crippen LogP contribution in [0.3, 0.4) is 0 Å². The number of aromatic nitrogens is 4. The molecule has 0 aliphatic rings. The molecular weight excluding hydrogens is 345 g/mol. The second kappa shape index (κ2) is 7.40. The first-order valence-electron chi connectivity index (χ1n) is 7.69. The first kappa shape index (κ1) is 17.0. The van der Waals surface area contributed by atoms with Gasteiger partial charge in [-0.2, -0.15) is 4.80 Å². The first-order valence-corrected chi connectivity index (χ1v) is 8.07. The third-order valence-electron chi connectivity index (χ3n) is 3.63. The van der Waals surface area contributed by atoms with Gasteiger partial charge < -0.3 is 5.32 Å². The number of amides is 1. The van der Waals surface area contributed by atoms with Gasteiger partial charge in [0.2, 0.25) is 5.82 Å². The Bertz CT molecular complexity index is 881.